The van der Waals surface area contributed by atoms with Gasteiger partial charge in [0.2, 0.25) is 0 Å². The van der Waals surface area contributed by atoms with Gasteiger partial charge in [0.05, 0.1) is 22.3 Å². The van der Waals surface area contributed by atoms with Crippen LogP contribution in [0.5, 0.6) is 0 Å². The number of carbonyl (C=O) groups is 2. The van der Waals surface area contributed by atoms with Crippen molar-refractivity contribution >= 4 is 46.2 Å². The minimum Gasteiger partial charge on any atom is -0.480 e. The summed E-state index contributed by atoms with van der Waals surface area (Å²) in [5, 5.41) is 48.0. The number of hydrogen-bond donors (Lipinski definition) is 4. The molecule has 0 amide bonds. The summed E-state index contributed by atoms with van der Waals surface area (Å²) in [6.07, 6.45) is 3.15. The first-order chi connectivity index (χ1) is 23.8. The van der Waals surface area contributed by atoms with Gasteiger partial charge in [-0.15, -0.1) is 0 Å². The van der Waals surface area contributed by atoms with Gasteiger partial charge in [-0.2, -0.15) is 10.2 Å². The number of fused-ring (bicyclic) bond motifs is 2. The average Bonchev–Trinajstić information content (AvgIpc) is 3.69. The van der Waals surface area contributed by atoms with Gasteiger partial charge in [0.25, 0.3) is 11.1 Å². The molecule has 0 saturated carbocycles. The van der Waals surface area contributed by atoms with Crippen molar-refractivity contribution in [3.63, 3.8) is 0 Å². The fraction of sp³-hybridized carbons (Fsp3) is 0.235. The van der Waals surface area contributed by atoms with Crippen LogP contribution >= 0.6 is 23.2 Å². The second-order valence-corrected chi connectivity index (χ2v) is 12.8. The summed E-state index contributed by atoms with van der Waals surface area (Å²) in [5.41, 5.74) is 2.28. The highest BCUT2D eigenvalue weighted by molar-refractivity contribution is 6.39. The minimum atomic E-state index is -1.31. The molecule has 0 saturated heterocycles. The fourth-order valence-corrected chi connectivity index (χ4v) is 6.66. The normalized spacial score (nSPS) is 14.1. The number of nitrogens with zero attached hydrogens (tertiary/aromatic N) is 6. The number of aromatic nitrogens is 6. The third kappa shape index (κ3) is 6.29. The molecular formula is C34H30Cl2N6O8. The van der Waals surface area contributed by atoms with Crippen molar-refractivity contribution in [2.45, 2.75) is 51.0 Å². The van der Waals surface area contributed by atoms with Gasteiger partial charge in [-0.1, -0.05) is 59.6 Å². The molecule has 2 aromatic carbocycles. The number of aliphatic hydroxyl groups is 2. The molecule has 0 aliphatic rings. The zero-order valence-corrected chi connectivity index (χ0v) is 28.0. The molecule has 4 N–H and O–H groups in total. The highest BCUT2D eigenvalue weighted by Gasteiger charge is 2.26. The molecule has 0 radical (unpaired) electrons. The standard InChI is InChI=1S/C34H30Cl2N6O8/c1-17(43)9-27(33(47)48)39-15-37-41-13-19(11-25(41)31(39)45)21-5-3-7-23(29(21)35)24-8-4-6-22(30(24)36)20-12-26-32(46)40(16-38-42(26)14-20)28(34(49)50)10-18(2)44/h3-8,11-18,27-28,43-44H,9-10H2,1-2H3,(H,47,48)(H,49,50). The molecule has 0 aliphatic carbocycles. The Morgan fingerprint density at radius 1 is 0.680 bits per heavy atom. The number of halogens is 2. The van der Waals surface area contributed by atoms with Crippen LogP contribution in [-0.2, 0) is 9.59 Å². The van der Waals surface area contributed by atoms with Gasteiger partial charge in [0, 0.05) is 58.6 Å². The summed E-state index contributed by atoms with van der Waals surface area (Å²) in [6.45, 7) is 2.88. The van der Waals surface area contributed by atoms with Crippen molar-refractivity contribution in [3.05, 3.63) is 104 Å². The summed E-state index contributed by atoms with van der Waals surface area (Å²) >= 11 is 14.0. The molecule has 16 heteroatoms. The maximum Gasteiger partial charge on any atom is 0.326 e. The van der Waals surface area contributed by atoms with Crippen molar-refractivity contribution in [2.24, 2.45) is 0 Å². The van der Waals surface area contributed by atoms with Crippen LogP contribution in [0.3, 0.4) is 0 Å². The van der Waals surface area contributed by atoms with E-state index < -0.39 is 47.3 Å². The van der Waals surface area contributed by atoms with E-state index in [0.717, 1.165) is 21.8 Å². The lowest BCUT2D eigenvalue weighted by Gasteiger charge is -2.16. The monoisotopic (exact) mass is 720 g/mol. The van der Waals surface area contributed by atoms with E-state index in [0.29, 0.717) is 43.4 Å². The zero-order chi connectivity index (χ0) is 36.0. The number of aliphatic hydroxyl groups excluding tert-OH is 2. The van der Waals surface area contributed by atoms with Gasteiger partial charge in [-0.25, -0.2) is 18.6 Å². The van der Waals surface area contributed by atoms with Crippen molar-refractivity contribution in [2.75, 3.05) is 0 Å². The summed E-state index contributed by atoms with van der Waals surface area (Å²) in [4.78, 5) is 50.5. The van der Waals surface area contributed by atoms with Crippen LogP contribution < -0.4 is 11.1 Å². The quantitative estimate of drug-likeness (QED) is 0.149. The molecule has 4 unspecified atom stereocenters. The molecule has 6 rings (SSSR count). The highest BCUT2D eigenvalue weighted by atomic mass is 35.5. The van der Waals surface area contributed by atoms with Crippen LogP contribution in [0.2, 0.25) is 10.0 Å². The van der Waals surface area contributed by atoms with Crippen LogP contribution in [0, 0.1) is 0 Å². The number of carboxylic acid groups (broad SMARTS) is 2. The molecule has 4 heterocycles. The van der Waals surface area contributed by atoms with E-state index >= 15 is 0 Å². The first-order valence-corrected chi connectivity index (χ1v) is 16.1. The second kappa shape index (κ2) is 13.6. The van der Waals surface area contributed by atoms with E-state index in [1.807, 2.05) is 0 Å². The van der Waals surface area contributed by atoms with Crippen LogP contribution in [0.4, 0.5) is 0 Å². The number of rotatable bonds is 11. The first-order valence-electron chi connectivity index (χ1n) is 15.4. The molecular weight excluding hydrogens is 691 g/mol. The summed E-state index contributed by atoms with van der Waals surface area (Å²) in [5.74, 6) is -2.55. The van der Waals surface area contributed by atoms with Gasteiger partial charge in [0.15, 0.2) is 0 Å². The smallest absolute Gasteiger partial charge is 0.326 e. The van der Waals surface area contributed by atoms with Crippen molar-refractivity contribution in [1.82, 2.24) is 28.4 Å². The Bertz CT molecular complexity index is 2240. The third-order valence-corrected chi connectivity index (χ3v) is 9.20. The molecule has 0 bridgehead atoms. The Balaban J connectivity index is 1.40. The average molecular weight is 722 g/mol. The van der Waals surface area contributed by atoms with Gasteiger partial charge in [-0.05, 0) is 26.0 Å². The maximum atomic E-state index is 13.3. The van der Waals surface area contributed by atoms with Crippen molar-refractivity contribution < 1.29 is 30.0 Å². The van der Waals surface area contributed by atoms with E-state index in [1.165, 1.54) is 22.9 Å². The Morgan fingerprint density at radius 3 is 1.38 bits per heavy atom. The van der Waals surface area contributed by atoms with Gasteiger partial charge < -0.3 is 20.4 Å². The van der Waals surface area contributed by atoms with Crippen LogP contribution in [0.25, 0.3) is 44.4 Å². The lowest BCUT2D eigenvalue weighted by molar-refractivity contribution is -0.142. The van der Waals surface area contributed by atoms with Crippen LogP contribution in [0.15, 0.2) is 83.2 Å². The largest absolute Gasteiger partial charge is 0.480 e. The highest BCUT2D eigenvalue weighted by Crippen LogP contribution is 2.42. The number of carboxylic acids is 2. The van der Waals surface area contributed by atoms with Crippen molar-refractivity contribution in [3.8, 4) is 33.4 Å². The molecule has 4 atom stereocenters. The summed E-state index contributed by atoms with van der Waals surface area (Å²) in [7, 11) is 0. The predicted molar refractivity (Wildman–Crippen MR) is 185 cm³/mol. The van der Waals surface area contributed by atoms with E-state index in [2.05, 4.69) is 10.2 Å². The lowest BCUT2D eigenvalue weighted by Crippen LogP contribution is -2.33. The summed E-state index contributed by atoms with van der Waals surface area (Å²) < 4.78 is 4.62. The fourth-order valence-electron chi connectivity index (χ4n) is 5.98. The lowest BCUT2D eigenvalue weighted by atomic mass is 9.97. The third-order valence-electron chi connectivity index (χ3n) is 8.39. The van der Waals surface area contributed by atoms with Gasteiger partial charge in [-0.3, -0.25) is 18.7 Å². The van der Waals surface area contributed by atoms with E-state index in [9.17, 15) is 39.6 Å². The topological polar surface area (TPSA) is 194 Å². The van der Waals surface area contributed by atoms with Gasteiger partial charge >= 0.3 is 11.9 Å². The molecule has 0 spiro atoms. The van der Waals surface area contributed by atoms with E-state index in [-0.39, 0.29) is 23.9 Å². The van der Waals surface area contributed by atoms with Crippen LogP contribution in [-0.4, -0.2) is 72.9 Å². The number of benzene rings is 2. The minimum absolute atomic E-state index is 0.106. The molecule has 0 fully saturated rings. The molecule has 258 valence electrons. The Labute approximate surface area is 292 Å². The molecule has 6 aromatic rings. The predicted octanol–water partition coefficient (Wildman–Crippen LogP) is 4.41. The number of aliphatic carboxylic acids is 2. The van der Waals surface area contributed by atoms with E-state index in [4.69, 9.17) is 23.2 Å². The Morgan fingerprint density at radius 2 is 1.04 bits per heavy atom. The van der Waals surface area contributed by atoms with Gasteiger partial charge in [0.1, 0.15) is 35.8 Å². The molecule has 4 aromatic heterocycles. The Kier molecular flexibility index (Phi) is 9.37. The zero-order valence-electron chi connectivity index (χ0n) is 26.5. The number of hydrogen-bond acceptors (Lipinski definition) is 8. The second-order valence-electron chi connectivity index (χ2n) is 12.0. The van der Waals surface area contributed by atoms with Crippen LogP contribution in [0.1, 0.15) is 38.8 Å². The maximum absolute atomic E-state index is 13.3. The molecule has 14 nitrogen and oxygen atoms in total. The molecule has 0 aliphatic heterocycles. The Hall–Kier alpha value is -5.28. The SMILES string of the molecule is CC(O)CC(C(=O)O)n1cnn2cc(-c3cccc(-c4cccc(-c5cc6c(=O)n(C(CC(C)O)C(=O)O)cnn6c5)c4Cl)c3Cl)cc2c1=O. The summed E-state index contributed by atoms with van der Waals surface area (Å²) in [6, 6.07) is 11.1. The first kappa shape index (κ1) is 34.6. The van der Waals surface area contributed by atoms with Crippen molar-refractivity contribution in [1.29, 1.82) is 0 Å². The van der Waals surface area contributed by atoms with E-state index in [1.54, 1.807) is 60.9 Å². The molecule has 50 heavy (non-hydrogen) atoms.